The van der Waals surface area contributed by atoms with Gasteiger partial charge in [0.05, 0.1) is 6.10 Å². The van der Waals surface area contributed by atoms with Crippen molar-refractivity contribution in [2.45, 2.75) is 52.1 Å². The Labute approximate surface area is 81.9 Å². The zero-order valence-corrected chi connectivity index (χ0v) is 8.87. The molecule has 0 heterocycles. The van der Waals surface area contributed by atoms with Crippen molar-refractivity contribution < 1.29 is 5.11 Å². The predicted octanol–water partition coefficient (Wildman–Crippen LogP) is 3.14. The molecular weight excluding hydrogens is 160 g/mol. The van der Waals surface area contributed by atoms with Crippen LogP contribution in [0, 0.1) is 11.8 Å². The first-order valence-corrected chi connectivity index (χ1v) is 5.57. The van der Waals surface area contributed by atoms with Gasteiger partial charge in [0, 0.05) is 0 Å². The van der Waals surface area contributed by atoms with Gasteiger partial charge in [-0.2, -0.15) is 0 Å². The van der Waals surface area contributed by atoms with Crippen molar-refractivity contribution in [2.75, 3.05) is 0 Å². The minimum atomic E-state index is -0.0426. The molecule has 1 heteroatoms. The molecule has 1 fully saturated rings. The van der Waals surface area contributed by atoms with E-state index in [1.165, 1.54) is 19.3 Å². The smallest absolute Gasteiger partial charge is 0.0571 e. The van der Waals surface area contributed by atoms with Gasteiger partial charge in [0.2, 0.25) is 0 Å². The Bertz CT molecular complexity index is 163. The SMILES string of the molecule is CC=CCC1CC(CC)CCC1O. The molecule has 13 heavy (non-hydrogen) atoms. The fourth-order valence-corrected chi connectivity index (χ4v) is 2.28. The van der Waals surface area contributed by atoms with E-state index in [1.807, 2.05) is 6.92 Å². The van der Waals surface area contributed by atoms with Gasteiger partial charge in [0.15, 0.2) is 0 Å². The second-order valence-corrected chi connectivity index (χ2v) is 4.22. The number of rotatable bonds is 3. The van der Waals surface area contributed by atoms with Crippen molar-refractivity contribution >= 4 is 0 Å². The van der Waals surface area contributed by atoms with Gasteiger partial charge in [0.1, 0.15) is 0 Å². The molecule has 3 unspecified atom stereocenters. The average Bonchev–Trinajstić information content (AvgIpc) is 2.17. The Morgan fingerprint density at radius 2 is 2.15 bits per heavy atom. The topological polar surface area (TPSA) is 20.2 Å². The molecule has 0 aromatic heterocycles. The lowest BCUT2D eigenvalue weighted by molar-refractivity contribution is 0.0488. The van der Waals surface area contributed by atoms with Gasteiger partial charge in [-0.15, -0.1) is 0 Å². The number of aliphatic hydroxyl groups is 1. The van der Waals surface area contributed by atoms with Crippen LogP contribution in [0.3, 0.4) is 0 Å². The van der Waals surface area contributed by atoms with Crippen LogP contribution >= 0.6 is 0 Å². The van der Waals surface area contributed by atoms with E-state index in [0.717, 1.165) is 18.8 Å². The minimum Gasteiger partial charge on any atom is -0.393 e. The number of hydrogen-bond acceptors (Lipinski definition) is 1. The predicted molar refractivity (Wildman–Crippen MR) is 56.6 cm³/mol. The maximum absolute atomic E-state index is 9.77. The molecule has 3 atom stereocenters. The van der Waals surface area contributed by atoms with E-state index in [2.05, 4.69) is 19.1 Å². The lowest BCUT2D eigenvalue weighted by Crippen LogP contribution is -2.28. The maximum atomic E-state index is 9.77. The second kappa shape index (κ2) is 5.43. The summed E-state index contributed by atoms with van der Waals surface area (Å²) >= 11 is 0. The Morgan fingerprint density at radius 1 is 1.38 bits per heavy atom. The molecule has 1 saturated carbocycles. The van der Waals surface area contributed by atoms with Crippen LogP contribution in [0.5, 0.6) is 0 Å². The van der Waals surface area contributed by atoms with Gasteiger partial charge in [0.25, 0.3) is 0 Å². The third-order valence-corrected chi connectivity index (χ3v) is 3.30. The van der Waals surface area contributed by atoms with E-state index in [9.17, 15) is 5.11 Å². The van der Waals surface area contributed by atoms with Crippen molar-refractivity contribution in [2.24, 2.45) is 11.8 Å². The van der Waals surface area contributed by atoms with E-state index in [-0.39, 0.29) is 6.10 Å². The van der Waals surface area contributed by atoms with Crippen LogP contribution in [0.25, 0.3) is 0 Å². The zero-order valence-electron chi connectivity index (χ0n) is 8.87. The van der Waals surface area contributed by atoms with E-state index in [0.29, 0.717) is 5.92 Å². The summed E-state index contributed by atoms with van der Waals surface area (Å²) in [6, 6.07) is 0. The minimum absolute atomic E-state index is 0.0426. The highest BCUT2D eigenvalue weighted by Crippen LogP contribution is 2.33. The number of aliphatic hydroxyl groups excluding tert-OH is 1. The van der Waals surface area contributed by atoms with Crippen LogP contribution in [0.4, 0.5) is 0 Å². The summed E-state index contributed by atoms with van der Waals surface area (Å²) in [5.74, 6) is 1.38. The molecule has 0 bridgehead atoms. The zero-order chi connectivity index (χ0) is 9.68. The van der Waals surface area contributed by atoms with E-state index in [1.54, 1.807) is 0 Å². The van der Waals surface area contributed by atoms with Gasteiger partial charge in [-0.3, -0.25) is 0 Å². The van der Waals surface area contributed by atoms with Crippen LogP contribution in [0.15, 0.2) is 12.2 Å². The van der Waals surface area contributed by atoms with Crippen molar-refractivity contribution in [3.05, 3.63) is 12.2 Å². The Balaban J connectivity index is 2.40. The van der Waals surface area contributed by atoms with E-state index >= 15 is 0 Å². The molecule has 1 N–H and O–H groups in total. The molecule has 1 aliphatic rings. The summed E-state index contributed by atoms with van der Waals surface area (Å²) in [6.07, 6.45) is 10.0. The molecule has 0 amide bonds. The molecule has 1 nitrogen and oxygen atoms in total. The Hall–Kier alpha value is -0.300. The molecule has 0 aromatic carbocycles. The third-order valence-electron chi connectivity index (χ3n) is 3.30. The van der Waals surface area contributed by atoms with E-state index in [4.69, 9.17) is 0 Å². The van der Waals surface area contributed by atoms with Gasteiger partial charge in [-0.05, 0) is 44.4 Å². The summed E-state index contributed by atoms with van der Waals surface area (Å²) in [6.45, 7) is 4.31. The lowest BCUT2D eigenvalue weighted by Gasteiger charge is -2.32. The Morgan fingerprint density at radius 3 is 2.77 bits per heavy atom. The van der Waals surface area contributed by atoms with Crippen molar-refractivity contribution in [1.29, 1.82) is 0 Å². The Kier molecular flexibility index (Phi) is 4.51. The average molecular weight is 182 g/mol. The molecular formula is C12H22O. The first-order chi connectivity index (χ1) is 6.27. The third kappa shape index (κ3) is 3.15. The monoisotopic (exact) mass is 182 g/mol. The number of hydrogen-bond donors (Lipinski definition) is 1. The van der Waals surface area contributed by atoms with Crippen LogP contribution < -0.4 is 0 Å². The molecule has 0 saturated heterocycles. The molecule has 76 valence electrons. The van der Waals surface area contributed by atoms with Gasteiger partial charge in [-0.1, -0.05) is 25.5 Å². The summed E-state index contributed by atoms with van der Waals surface area (Å²) in [5.41, 5.74) is 0. The van der Waals surface area contributed by atoms with Crippen molar-refractivity contribution in [3.8, 4) is 0 Å². The largest absolute Gasteiger partial charge is 0.393 e. The number of allylic oxidation sites excluding steroid dienone is 2. The normalized spacial score (nSPS) is 35.5. The highest BCUT2D eigenvalue weighted by molar-refractivity contribution is 4.87. The lowest BCUT2D eigenvalue weighted by atomic mass is 9.77. The fraction of sp³-hybridized carbons (Fsp3) is 0.833. The standard InChI is InChI=1S/C12H22O/c1-3-5-6-11-9-10(4-2)7-8-12(11)13/h3,5,10-13H,4,6-9H2,1-2H3. The van der Waals surface area contributed by atoms with Crippen LogP contribution in [0.1, 0.15) is 46.0 Å². The molecule has 1 aliphatic carbocycles. The quantitative estimate of drug-likeness (QED) is 0.665. The van der Waals surface area contributed by atoms with Crippen LogP contribution in [-0.4, -0.2) is 11.2 Å². The van der Waals surface area contributed by atoms with Gasteiger partial charge in [-0.25, -0.2) is 0 Å². The highest BCUT2D eigenvalue weighted by atomic mass is 16.3. The first kappa shape index (κ1) is 10.8. The van der Waals surface area contributed by atoms with E-state index < -0.39 is 0 Å². The molecule has 0 aromatic rings. The summed E-state index contributed by atoms with van der Waals surface area (Å²) < 4.78 is 0. The first-order valence-electron chi connectivity index (χ1n) is 5.57. The molecule has 0 aliphatic heterocycles. The van der Waals surface area contributed by atoms with Crippen LogP contribution in [0.2, 0.25) is 0 Å². The molecule has 1 rings (SSSR count). The van der Waals surface area contributed by atoms with Crippen molar-refractivity contribution in [3.63, 3.8) is 0 Å². The highest BCUT2D eigenvalue weighted by Gasteiger charge is 2.26. The van der Waals surface area contributed by atoms with Crippen molar-refractivity contribution in [1.82, 2.24) is 0 Å². The summed E-state index contributed by atoms with van der Waals surface area (Å²) in [7, 11) is 0. The van der Waals surface area contributed by atoms with Gasteiger partial charge < -0.3 is 5.11 Å². The summed E-state index contributed by atoms with van der Waals surface area (Å²) in [5, 5.41) is 9.77. The maximum Gasteiger partial charge on any atom is 0.0571 e. The molecule has 0 radical (unpaired) electrons. The second-order valence-electron chi connectivity index (χ2n) is 4.22. The fourth-order valence-electron chi connectivity index (χ4n) is 2.28. The molecule has 0 spiro atoms. The van der Waals surface area contributed by atoms with Gasteiger partial charge >= 0.3 is 0 Å². The van der Waals surface area contributed by atoms with Crippen LogP contribution in [-0.2, 0) is 0 Å². The summed E-state index contributed by atoms with van der Waals surface area (Å²) in [4.78, 5) is 0.